The highest BCUT2D eigenvalue weighted by Gasteiger charge is 2.27. The van der Waals surface area contributed by atoms with Crippen molar-refractivity contribution in [3.8, 4) is 0 Å². The first-order chi connectivity index (χ1) is 17.7. The summed E-state index contributed by atoms with van der Waals surface area (Å²) in [6, 6.07) is 7.59. The van der Waals surface area contributed by atoms with Crippen molar-refractivity contribution in [2.24, 2.45) is 0 Å². The van der Waals surface area contributed by atoms with Crippen LogP contribution in [-0.4, -0.2) is 55.8 Å². The number of ether oxygens (including phenoxy) is 1. The number of likely N-dealkylation sites (tertiary alicyclic amines) is 1. The van der Waals surface area contributed by atoms with E-state index < -0.39 is 27.4 Å². The molecule has 2 aromatic carbocycles. The van der Waals surface area contributed by atoms with Gasteiger partial charge in [-0.1, -0.05) is 30.1 Å². The standard InChI is InChI=1S/C26H34Cl2N4O5S/c1-5-38(35,36)23-7-6-18(27)10-16(23)13-30-24(33)20-12-21(28)17(11-22(20)29)14-32-9-8-19(15-32)31-25(34)37-26(2,3)4/h6-7,10-12,19H,5,8-9,13-15,29H2,1-4H3,(H,30,33)(H,31,34)/t19-/m1/s1. The monoisotopic (exact) mass is 584 g/mol. The molecule has 1 aliphatic heterocycles. The maximum Gasteiger partial charge on any atom is 0.407 e. The van der Waals surface area contributed by atoms with E-state index in [1.54, 1.807) is 13.0 Å². The molecular formula is C26H34Cl2N4O5S. The summed E-state index contributed by atoms with van der Waals surface area (Å²) in [5, 5.41) is 6.35. The summed E-state index contributed by atoms with van der Waals surface area (Å²) in [5.41, 5.74) is 7.21. The van der Waals surface area contributed by atoms with Crippen LogP contribution < -0.4 is 16.4 Å². The summed E-state index contributed by atoms with van der Waals surface area (Å²) in [4.78, 5) is 27.2. The number of carbonyl (C=O) groups is 2. The van der Waals surface area contributed by atoms with E-state index in [-0.39, 0.29) is 34.5 Å². The molecule has 0 aliphatic carbocycles. The van der Waals surface area contributed by atoms with Gasteiger partial charge in [-0.2, -0.15) is 0 Å². The van der Waals surface area contributed by atoms with Gasteiger partial charge in [-0.15, -0.1) is 0 Å². The number of anilines is 1. The number of rotatable bonds is 8. The van der Waals surface area contributed by atoms with Gasteiger partial charge in [-0.25, -0.2) is 13.2 Å². The summed E-state index contributed by atoms with van der Waals surface area (Å²) < 4.78 is 30.2. The second kappa shape index (κ2) is 12.1. The Kier molecular flexibility index (Phi) is 9.57. The lowest BCUT2D eigenvalue weighted by Crippen LogP contribution is -2.40. The highest BCUT2D eigenvalue weighted by molar-refractivity contribution is 7.91. The number of halogens is 2. The van der Waals surface area contributed by atoms with Crippen LogP contribution in [0.15, 0.2) is 35.2 Å². The normalized spacial score (nSPS) is 16.3. The lowest BCUT2D eigenvalue weighted by atomic mass is 10.1. The fourth-order valence-electron chi connectivity index (χ4n) is 4.18. The molecule has 1 atom stereocenters. The molecule has 1 saturated heterocycles. The van der Waals surface area contributed by atoms with Crippen molar-refractivity contribution in [2.75, 3.05) is 24.6 Å². The van der Waals surface area contributed by atoms with Crippen molar-refractivity contribution < 1.29 is 22.7 Å². The topological polar surface area (TPSA) is 131 Å². The zero-order valence-corrected chi connectivity index (χ0v) is 24.3. The van der Waals surface area contributed by atoms with Gasteiger partial charge in [0.05, 0.1) is 16.2 Å². The third-order valence-corrected chi connectivity index (χ3v) is 8.44. The van der Waals surface area contributed by atoms with Gasteiger partial charge >= 0.3 is 6.09 Å². The molecule has 1 heterocycles. The molecule has 0 unspecified atom stereocenters. The van der Waals surface area contributed by atoms with Crippen molar-refractivity contribution in [1.29, 1.82) is 0 Å². The van der Waals surface area contributed by atoms with Gasteiger partial charge in [0.1, 0.15) is 5.60 Å². The molecule has 4 N–H and O–H groups in total. The molecule has 38 heavy (non-hydrogen) atoms. The Balaban J connectivity index is 1.64. The number of sulfone groups is 1. The smallest absolute Gasteiger partial charge is 0.407 e. The summed E-state index contributed by atoms with van der Waals surface area (Å²) in [5.74, 6) is -0.562. The minimum atomic E-state index is -3.50. The maximum absolute atomic E-state index is 12.9. The van der Waals surface area contributed by atoms with Gasteiger partial charge in [0.25, 0.3) is 5.91 Å². The minimum Gasteiger partial charge on any atom is -0.444 e. The first-order valence-electron chi connectivity index (χ1n) is 12.3. The Morgan fingerprint density at radius 1 is 1.16 bits per heavy atom. The van der Waals surface area contributed by atoms with E-state index in [0.29, 0.717) is 28.7 Å². The van der Waals surface area contributed by atoms with E-state index in [9.17, 15) is 18.0 Å². The molecule has 0 spiro atoms. The molecule has 9 nitrogen and oxygen atoms in total. The predicted octanol–water partition coefficient (Wildman–Crippen LogP) is 4.40. The average molecular weight is 586 g/mol. The molecule has 2 aromatic rings. The molecule has 3 rings (SSSR count). The van der Waals surface area contributed by atoms with Crippen molar-refractivity contribution in [1.82, 2.24) is 15.5 Å². The first-order valence-corrected chi connectivity index (χ1v) is 14.7. The summed E-state index contributed by atoms with van der Waals surface area (Å²) in [6.45, 7) is 8.82. The van der Waals surface area contributed by atoms with Crippen LogP contribution >= 0.6 is 23.2 Å². The molecule has 2 amide bonds. The quantitative estimate of drug-likeness (QED) is 0.392. The van der Waals surface area contributed by atoms with Crippen LogP contribution in [0, 0.1) is 0 Å². The van der Waals surface area contributed by atoms with E-state index in [2.05, 4.69) is 15.5 Å². The molecule has 1 aliphatic rings. The summed E-state index contributed by atoms with van der Waals surface area (Å²) in [6.07, 6.45) is 0.325. The molecule has 0 aromatic heterocycles. The average Bonchev–Trinajstić information content (AvgIpc) is 3.24. The number of nitrogen functional groups attached to an aromatic ring is 1. The molecular weight excluding hydrogens is 551 g/mol. The highest BCUT2D eigenvalue weighted by atomic mass is 35.5. The second-order valence-corrected chi connectivity index (χ2v) is 13.3. The SMILES string of the molecule is CCS(=O)(=O)c1ccc(Cl)cc1CNC(=O)c1cc(Cl)c(CN2CC[C@@H](NC(=O)OC(C)(C)C)C2)cc1N. The van der Waals surface area contributed by atoms with Crippen molar-refractivity contribution in [3.05, 3.63) is 57.1 Å². The molecule has 0 radical (unpaired) electrons. The van der Waals surface area contributed by atoms with E-state index in [0.717, 1.165) is 18.5 Å². The van der Waals surface area contributed by atoms with E-state index in [1.807, 2.05) is 20.8 Å². The molecule has 0 bridgehead atoms. The third-order valence-electron chi connectivity index (χ3n) is 6.03. The largest absolute Gasteiger partial charge is 0.444 e. The fraction of sp³-hybridized carbons (Fsp3) is 0.462. The van der Waals surface area contributed by atoms with Crippen LogP contribution in [0.3, 0.4) is 0 Å². The Morgan fingerprint density at radius 3 is 2.53 bits per heavy atom. The minimum absolute atomic E-state index is 0.0427. The van der Waals surface area contributed by atoms with Gasteiger partial charge in [-0.3, -0.25) is 9.69 Å². The van der Waals surface area contributed by atoms with Crippen molar-refractivity contribution in [3.63, 3.8) is 0 Å². The lowest BCUT2D eigenvalue weighted by molar-refractivity contribution is 0.0505. The van der Waals surface area contributed by atoms with E-state index >= 15 is 0 Å². The Bertz CT molecular complexity index is 1310. The van der Waals surface area contributed by atoms with Gasteiger partial charge in [0.2, 0.25) is 0 Å². The number of nitrogens with two attached hydrogens (primary N) is 1. The Hall–Kier alpha value is -2.53. The van der Waals surface area contributed by atoms with E-state index in [4.69, 9.17) is 33.7 Å². The number of alkyl carbamates (subject to hydrolysis) is 1. The number of carbonyl (C=O) groups excluding carboxylic acids is 2. The van der Waals surface area contributed by atoms with Crippen LogP contribution in [-0.2, 0) is 27.7 Å². The Morgan fingerprint density at radius 2 is 1.87 bits per heavy atom. The molecule has 208 valence electrons. The number of nitrogens with one attached hydrogen (secondary N) is 2. The van der Waals surface area contributed by atoms with E-state index in [1.165, 1.54) is 24.3 Å². The van der Waals surface area contributed by atoms with Crippen LogP contribution in [0.5, 0.6) is 0 Å². The third kappa shape index (κ3) is 7.99. The molecule has 0 saturated carbocycles. The number of nitrogens with zero attached hydrogens (tertiary/aromatic N) is 1. The van der Waals surface area contributed by atoms with Crippen molar-refractivity contribution >= 4 is 50.7 Å². The Labute approximate surface area is 233 Å². The highest BCUT2D eigenvalue weighted by Crippen LogP contribution is 2.27. The number of hydrogen-bond donors (Lipinski definition) is 3. The number of amides is 2. The molecule has 1 fully saturated rings. The first kappa shape index (κ1) is 30.0. The van der Waals surface area contributed by atoms with Gasteiger partial charge in [0, 0.05) is 48.0 Å². The van der Waals surface area contributed by atoms with Crippen LogP contribution in [0.2, 0.25) is 10.0 Å². The zero-order valence-electron chi connectivity index (χ0n) is 21.9. The summed E-state index contributed by atoms with van der Waals surface area (Å²) in [7, 11) is -3.50. The fourth-order valence-corrected chi connectivity index (χ4v) is 5.72. The summed E-state index contributed by atoms with van der Waals surface area (Å²) >= 11 is 12.6. The second-order valence-electron chi connectivity index (χ2n) is 10.2. The zero-order chi connectivity index (χ0) is 28.3. The predicted molar refractivity (Wildman–Crippen MR) is 149 cm³/mol. The molecule has 12 heteroatoms. The van der Waals surface area contributed by atoms with Crippen molar-refractivity contribution in [2.45, 2.75) is 63.7 Å². The van der Waals surface area contributed by atoms with Crippen LogP contribution in [0.1, 0.15) is 55.6 Å². The maximum atomic E-state index is 12.9. The van der Waals surface area contributed by atoms with Gasteiger partial charge in [0.15, 0.2) is 9.84 Å². The van der Waals surface area contributed by atoms with Crippen LogP contribution in [0.25, 0.3) is 0 Å². The van der Waals surface area contributed by atoms with Gasteiger partial charge in [-0.05, 0) is 68.7 Å². The van der Waals surface area contributed by atoms with Gasteiger partial charge < -0.3 is 21.1 Å². The number of benzene rings is 2. The number of hydrogen-bond acceptors (Lipinski definition) is 7. The lowest BCUT2D eigenvalue weighted by Gasteiger charge is -2.22. The van der Waals surface area contributed by atoms with Crippen LogP contribution in [0.4, 0.5) is 10.5 Å².